The molecule has 5 nitrogen and oxygen atoms in total. The van der Waals surface area contributed by atoms with Gasteiger partial charge in [-0.3, -0.25) is 4.79 Å². The fourth-order valence-electron chi connectivity index (χ4n) is 3.97. The van der Waals surface area contributed by atoms with Crippen molar-refractivity contribution < 1.29 is 19.0 Å². The van der Waals surface area contributed by atoms with Crippen LogP contribution in [0.2, 0.25) is 0 Å². The van der Waals surface area contributed by atoms with Gasteiger partial charge in [-0.2, -0.15) is 0 Å². The van der Waals surface area contributed by atoms with Gasteiger partial charge in [0.2, 0.25) is 0 Å². The molecule has 5 heteroatoms. The van der Waals surface area contributed by atoms with Crippen LogP contribution in [0.3, 0.4) is 0 Å². The Kier molecular flexibility index (Phi) is 5.81. The third-order valence-electron chi connectivity index (χ3n) is 5.53. The summed E-state index contributed by atoms with van der Waals surface area (Å²) in [5, 5.41) is 0. The molecule has 0 N–H and O–H groups in total. The predicted octanol–water partition coefficient (Wildman–Crippen LogP) is 4.23. The molecule has 0 aromatic heterocycles. The van der Waals surface area contributed by atoms with Crippen LogP contribution in [0.25, 0.3) is 0 Å². The Morgan fingerprint density at radius 3 is 2.61 bits per heavy atom. The Bertz CT molecular complexity index is 802. The van der Waals surface area contributed by atoms with Crippen molar-refractivity contribution in [3.63, 3.8) is 0 Å². The maximum absolute atomic E-state index is 12.8. The van der Waals surface area contributed by atoms with Crippen molar-refractivity contribution in [3.8, 4) is 11.5 Å². The summed E-state index contributed by atoms with van der Waals surface area (Å²) in [7, 11) is 1.66. The Morgan fingerprint density at radius 1 is 1.07 bits per heavy atom. The van der Waals surface area contributed by atoms with Crippen molar-refractivity contribution in [2.45, 2.75) is 37.9 Å². The summed E-state index contributed by atoms with van der Waals surface area (Å²) in [5.74, 6) is 1.55. The monoisotopic (exact) mass is 381 g/mol. The zero-order valence-electron chi connectivity index (χ0n) is 16.3. The second-order valence-electron chi connectivity index (χ2n) is 7.41. The van der Waals surface area contributed by atoms with Crippen LogP contribution < -0.4 is 9.47 Å². The number of ether oxygens (including phenoxy) is 3. The smallest absolute Gasteiger partial charge is 0.254 e. The van der Waals surface area contributed by atoms with Crippen molar-refractivity contribution in [2.75, 3.05) is 26.8 Å². The van der Waals surface area contributed by atoms with Crippen LogP contribution in [0.1, 0.15) is 47.7 Å². The Morgan fingerprint density at radius 2 is 1.86 bits per heavy atom. The Labute approximate surface area is 166 Å². The van der Waals surface area contributed by atoms with E-state index in [1.165, 1.54) is 12.8 Å². The minimum atomic E-state index is -0.168. The maximum Gasteiger partial charge on any atom is 0.254 e. The van der Waals surface area contributed by atoms with Crippen molar-refractivity contribution in [1.82, 2.24) is 4.90 Å². The molecule has 2 aromatic carbocycles. The molecule has 28 heavy (non-hydrogen) atoms. The molecule has 2 aliphatic rings. The van der Waals surface area contributed by atoms with E-state index in [0.717, 1.165) is 29.9 Å². The highest BCUT2D eigenvalue weighted by atomic mass is 16.5. The van der Waals surface area contributed by atoms with Gasteiger partial charge in [-0.15, -0.1) is 0 Å². The van der Waals surface area contributed by atoms with Gasteiger partial charge in [-0.1, -0.05) is 24.3 Å². The highest BCUT2D eigenvalue weighted by Gasteiger charge is 2.27. The zero-order valence-corrected chi connectivity index (χ0v) is 16.3. The second kappa shape index (κ2) is 8.65. The van der Waals surface area contributed by atoms with Crippen molar-refractivity contribution >= 4 is 5.91 Å². The molecule has 1 aliphatic heterocycles. The van der Waals surface area contributed by atoms with Gasteiger partial charge in [0.05, 0.1) is 26.4 Å². The largest absolute Gasteiger partial charge is 0.493 e. The van der Waals surface area contributed by atoms with E-state index in [0.29, 0.717) is 25.3 Å². The summed E-state index contributed by atoms with van der Waals surface area (Å²) in [6, 6.07) is 15.4. The number of benzene rings is 2. The molecule has 2 fully saturated rings. The van der Waals surface area contributed by atoms with E-state index in [-0.39, 0.29) is 18.1 Å². The standard InChI is InChI=1S/C23H27NO4/c1-26-20-12-11-18(15-21(20)28-19-9-5-6-10-19)22-16-24(13-14-27-22)23(25)17-7-3-2-4-8-17/h2-4,7-8,11-12,15,19,22H,5-6,9-10,13-14,16H2,1H3. The highest BCUT2D eigenvalue weighted by Crippen LogP contribution is 2.35. The molecular formula is C23H27NO4. The quantitative estimate of drug-likeness (QED) is 0.778. The van der Waals surface area contributed by atoms with Gasteiger partial charge in [0, 0.05) is 12.1 Å². The van der Waals surface area contributed by atoms with E-state index >= 15 is 0 Å². The summed E-state index contributed by atoms with van der Waals surface area (Å²) >= 11 is 0. The molecule has 1 amide bonds. The summed E-state index contributed by atoms with van der Waals surface area (Å²) < 4.78 is 17.7. The molecule has 4 rings (SSSR count). The van der Waals surface area contributed by atoms with Gasteiger partial charge >= 0.3 is 0 Å². The molecule has 148 valence electrons. The molecule has 1 atom stereocenters. The minimum absolute atomic E-state index is 0.0461. The first-order chi connectivity index (χ1) is 13.7. The lowest BCUT2D eigenvalue weighted by Crippen LogP contribution is -2.42. The summed E-state index contributed by atoms with van der Waals surface area (Å²) in [6.07, 6.45) is 4.70. The van der Waals surface area contributed by atoms with Crippen LogP contribution in [0.5, 0.6) is 11.5 Å². The van der Waals surface area contributed by atoms with Gasteiger partial charge in [0.1, 0.15) is 6.10 Å². The lowest BCUT2D eigenvalue weighted by molar-refractivity contribution is -0.0229. The topological polar surface area (TPSA) is 48.0 Å². The molecular weight excluding hydrogens is 354 g/mol. The molecule has 0 bridgehead atoms. The van der Waals surface area contributed by atoms with Crippen LogP contribution >= 0.6 is 0 Å². The molecule has 1 aliphatic carbocycles. The van der Waals surface area contributed by atoms with Gasteiger partial charge in [0.15, 0.2) is 11.5 Å². The Hall–Kier alpha value is -2.53. The maximum atomic E-state index is 12.8. The number of morpholine rings is 1. The lowest BCUT2D eigenvalue weighted by Gasteiger charge is -2.33. The van der Waals surface area contributed by atoms with Gasteiger partial charge in [0.25, 0.3) is 5.91 Å². The molecule has 0 spiro atoms. The zero-order chi connectivity index (χ0) is 19.3. The van der Waals surface area contributed by atoms with Crippen LogP contribution in [0.4, 0.5) is 0 Å². The average molecular weight is 381 g/mol. The highest BCUT2D eigenvalue weighted by molar-refractivity contribution is 5.94. The second-order valence-corrected chi connectivity index (χ2v) is 7.41. The first-order valence-corrected chi connectivity index (χ1v) is 10.0. The van der Waals surface area contributed by atoms with Crippen LogP contribution in [-0.2, 0) is 4.74 Å². The first-order valence-electron chi connectivity index (χ1n) is 10.0. The summed E-state index contributed by atoms with van der Waals surface area (Å²) in [6.45, 7) is 1.66. The third kappa shape index (κ3) is 4.14. The molecule has 2 aromatic rings. The normalized spacial score (nSPS) is 20.2. The first kappa shape index (κ1) is 18.8. The summed E-state index contributed by atoms with van der Waals surface area (Å²) in [4.78, 5) is 14.7. The van der Waals surface area contributed by atoms with Gasteiger partial charge in [-0.05, 0) is 55.5 Å². The number of rotatable bonds is 5. The molecule has 1 unspecified atom stereocenters. The number of carbonyl (C=O) groups excluding carboxylic acids is 1. The lowest BCUT2D eigenvalue weighted by atomic mass is 10.1. The van der Waals surface area contributed by atoms with E-state index in [1.807, 2.05) is 53.4 Å². The molecule has 0 radical (unpaired) electrons. The number of hydrogen-bond acceptors (Lipinski definition) is 4. The van der Waals surface area contributed by atoms with Gasteiger partial charge in [-0.25, -0.2) is 0 Å². The van der Waals surface area contributed by atoms with E-state index in [2.05, 4.69) is 0 Å². The van der Waals surface area contributed by atoms with E-state index in [1.54, 1.807) is 7.11 Å². The number of carbonyl (C=O) groups is 1. The van der Waals surface area contributed by atoms with Crippen molar-refractivity contribution in [1.29, 1.82) is 0 Å². The van der Waals surface area contributed by atoms with Crippen LogP contribution in [0, 0.1) is 0 Å². The number of nitrogens with zero attached hydrogens (tertiary/aromatic N) is 1. The van der Waals surface area contributed by atoms with Crippen molar-refractivity contribution in [2.24, 2.45) is 0 Å². The third-order valence-corrected chi connectivity index (χ3v) is 5.53. The molecule has 1 heterocycles. The number of hydrogen-bond donors (Lipinski definition) is 0. The summed E-state index contributed by atoms with van der Waals surface area (Å²) in [5.41, 5.74) is 1.72. The Balaban J connectivity index is 1.50. The van der Waals surface area contributed by atoms with E-state index in [9.17, 15) is 4.79 Å². The SMILES string of the molecule is COc1ccc(C2CN(C(=O)c3ccccc3)CCO2)cc1OC1CCCC1. The van der Waals surface area contributed by atoms with E-state index in [4.69, 9.17) is 14.2 Å². The number of amides is 1. The average Bonchev–Trinajstić information content (AvgIpc) is 3.27. The molecule has 1 saturated carbocycles. The van der Waals surface area contributed by atoms with E-state index < -0.39 is 0 Å². The van der Waals surface area contributed by atoms with Crippen molar-refractivity contribution in [3.05, 3.63) is 59.7 Å². The molecule has 1 saturated heterocycles. The fraction of sp³-hybridized carbons (Fsp3) is 0.435. The van der Waals surface area contributed by atoms with Crippen LogP contribution in [-0.4, -0.2) is 43.7 Å². The van der Waals surface area contributed by atoms with Crippen LogP contribution in [0.15, 0.2) is 48.5 Å². The fourth-order valence-corrected chi connectivity index (χ4v) is 3.97. The predicted molar refractivity (Wildman–Crippen MR) is 107 cm³/mol. The number of methoxy groups -OCH3 is 1. The minimum Gasteiger partial charge on any atom is -0.493 e. The van der Waals surface area contributed by atoms with Gasteiger partial charge < -0.3 is 19.1 Å².